The van der Waals surface area contributed by atoms with E-state index < -0.39 is 0 Å². The number of halogens is 1. The smallest absolute Gasteiger partial charge is 0.228 e. The van der Waals surface area contributed by atoms with Crippen molar-refractivity contribution >= 4 is 23.4 Å². The fourth-order valence-electron chi connectivity index (χ4n) is 3.34. The van der Waals surface area contributed by atoms with Gasteiger partial charge in [-0.25, -0.2) is 15.0 Å². The zero-order valence-electron chi connectivity index (χ0n) is 14.3. The van der Waals surface area contributed by atoms with Crippen LogP contribution in [-0.2, 0) is 6.54 Å². The van der Waals surface area contributed by atoms with Gasteiger partial charge < -0.3 is 5.32 Å². The molecule has 132 valence electrons. The van der Waals surface area contributed by atoms with Gasteiger partial charge in [0.2, 0.25) is 5.95 Å². The third-order valence-electron chi connectivity index (χ3n) is 4.59. The molecule has 0 unspecified atom stereocenters. The summed E-state index contributed by atoms with van der Waals surface area (Å²) in [5.74, 6) is 1.33. The first-order valence-corrected chi connectivity index (χ1v) is 9.15. The number of nitrogens with zero attached hydrogens (tertiary/aromatic N) is 4. The van der Waals surface area contributed by atoms with E-state index in [1.165, 1.54) is 12.0 Å². The highest BCUT2D eigenvalue weighted by atomic mass is 35.5. The second kappa shape index (κ2) is 7.81. The van der Waals surface area contributed by atoms with E-state index in [1.54, 1.807) is 6.20 Å². The van der Waals surface area contributed by atoms with E-state index in [9.17, 15) is 0 Å². The Labute approximate surface area is 158 Å². The highest BCUT2D eigenvalue weighted by molar-refractivity contribution is 6.30. The third kappa shape index (κ3) is 4.00. The summed E-state index contributed by atoms with van der Waals surface area (Å²) in [5, 5.41) is 3.94. The molecule has 1 N–H and O–H groups in total. The summed E-state index contributed by atoms with van der Waals surface area (Å²) in [5.41, 5.74) is 2.31. The third-order valence-corrected chi connectivity index (χ3v) is 4.84. The Hall–Kier alpha value is -2.50. The van der Waals surface area contributed by atoms with Crippen molar-refractivity contribution in [2.45, 2.75) is 25.4 Å². The van der Waals surface area contributed by atoms with Crippen LogP contribution in [-0.4, -0.2) is 26.4 Å². The summed E-state index contributed by atoms with van der Waals surface area (Å²) in [7, 11) is 0. The topological polar surface area (TPSA) is 53.9 Å². The van der Waals surface area contributed by atoms with Gasteiger partial charge in [0.15, 0.2) is 0 Å². The van der Waals surface area contributed by atoms with Gasteiger partial charge >= 0.3 is 0 Å². The molecule has 3 aromatic rings. The summed E-state index contributed by atoms with van der Waals surface area (Å²) >= 11 is 5.99. The minimum Gasteiger partial charge on any atom is -0.309 e. The van der Waals surface area contributed by atoms with E-state index >= 15 is 0 Å². The van der Waals surface area contributed by atoms with Gasteiger partial charge in [-0.1, -0.05) is 29.8 Å². The molecule has 1 fully saturated rings. The largest absolute Gasteiger partial charge is 0.309 e. The molecule has 4 rings (SSSR count). The molecule has 0 aliphatic carbocycles. The van der Waals surface area contributed by atoms with Gasteiger partial charge in [-0.3, -0.25) is 4.90 Å². The maximum Gasteiger partial charge on any atom is 0.228 e. The fourth-order valence-corrected chi connectivity index (χ4v) is 3.47. The van der Waals surface area contributed by atoms with Gasteiger partial charge in [0.1, 0.15) is 5.82 Å². The second-order valence-electron chi connectivity index (χ2n) is 6.40. The predicted molar refractivity (Wildman–Crippen MR) is 103 cm³/mol. The minimum absolute atomic E-state index is 0.304. The molecule has 0 amide bonds. The van der Waals surface area contributed by atoms with Crippen LogP contribution in [0.4, 0.5) is 11.8 Å². The summed E-state index contributed by atoms with van der Waals surface area (Å²) in [4.78, 5) is 15.8. The van der Waals surface area contributed by atoms with Crippen LogP contribution in [0.15, 0.2) is 60.9 Å². The molecule has 1 saturated heterocycles. The number of pyridine rings is 1. The monoisotopic (exact) mass is 365 g/mol. The van der Waals surface area contributed by atoms with Gasteiger partial charge in [0.25, 0.3) is 0 Å². The molecule has 2 aromatic heterocycles. The Balaban J connectivity index is 1.50. The molecule has 1 aliphatic heterocycles. The van der Waals surface area contributed by atoms with Gasteiger partial charge in [-0.2, -0.15) is 0 Å². The fraction of sp³-hybridized carbons (Fsp3) is 0.250. The first-order chi connectivity index (χ1) is 12.8. The molecule has 6 heteroatoms. The molecular weight excluding hydrogens is 346 g/mol. The normalized spacial score (nSPS) is 17.3. The number of rotatable bonds is 5. The lowest BCUT2D eigenvalue weighted by atomic mass is 10.1. The van der Waals surface area contributed by atoms with Crippen LogP contribution in [0.3, 0.4) is 0 Å². The molecule has 0 spiro atoms. The molecular formula is C20H20ClN5. The lowest BCUT2D eigenvalue weighted by molar-refractivity contribution is 0.244. The lowest BCUT2D eigenvalue weighted by Gasteiger charge is -2.24. The Morgan fingerprint density at radius 3 is 2.73 bits per heavy atom. The van der Waals surface area contributed by atoms with Crippen LogP contribution in [0, 0.1) is 0 Å². The summed E-state index contributed by atoms with van der Waals surface area (Å²) < 4.78 is 0. The van der Waals surface area contributed by atoms with Crippen LogP contribution in [0.25, 0.3) is 0 Å². The zero-order chi connectivity index (χ0) is 17.8. The number of hydrogen-bond acceptors (Lipinski definition) is 5. The highest BCUT2D eigenvalue weighted by Gasteiger charge is 2.27. The summed E-state index contributed by atoms with van der Waals surface area (Å²) in [6.45, 7) is 1.97. The molecule has 3 heterocycles. The van der Waals surface area contributed by atoms with Crippen molar-refractivity contribution in [3.63, 3.8) is 0 Å². The van der Waals surface area contributed by atoms with Crippen molar-refractivity contribution in [1.29, 1.82) is 0 Å². The molecule has 1 aliphatic rings. The van der Waals surface area contributed by atoms with Crippen molar-refractivity contribution in [2.24, 2.45) is 0 Å². The molecule has 5 nitrogen and oxygen atoms in total. The quantitative estimate of drug-likeness (QED) is 0.715. The van der Waals surface area contributed by atoms with Gasteiger partial charge in [0.05, 0.1) is 11.7 Å². The van der Waals surface area contributed by atoms with Crippen LogP contribution < -0.4 is 5.32 Å². The van der Waals surface area contributed by atoms with E-state index in [0.29, 0.717) is 12.0 Å². The first kappa shape index (κ1) is 16.9. The van der Waals surface area contributed by atoms with E-state index in [2.05, 4.69) is 32.3 Å². The van der Waals surface area contributed by atoms with Gasteiger partial charge in [-0.15, -0.1) is 0 Å². The maximum atomic E-state index is 5.99. The van der Waals surface area contributed by atoms with Gasteiger partial charge in [-0.05, 0) is 55.3 Å². The van der Waals surface area contributed by atoms with Crippen LogP contribution in [0.1, 0.15) is 30.1 Å². The number of hydrogen-bond donors (Lipinski definition) is 1. The Morgan fingerprint density at radius 1 is 1.04 bits per heavy atom. The molecule has 0 radical (unpaired) electrons. The number of anilines is 2. The second-order valence-corrected chi connectivity index (χ2v) is 6.84. The molecule has 0 saturated carbocycles. The Kier molecular flexibility index (Phi) is 5.09. The number of benzene rings is 1. The number of aromatic nitrogens is 3. The highest BCUT2D eigenvalue weighted by Crippen LogP contribution is 2.32. The van der Waals surface area contributed by atoms with E-state index in [1.807, 2.05) is 42.6 Å². The van der Waals surface area contributed by atoms with E-state index in [-0.39, 0.29) is 0 Å². The van der Waals surface area contributed by atoms with Crippen molar-refractivity contribution in [1.82, 2.24) is 19.9 Å². The van der Waals surface area contributed by atoms with E-state index in [4.69, 9.17) is 16.6 Å². The van der Waals surface area contributed by atoms with Crippen LogP contribution in [0.5, 0.6) is 0 Å². The summed E-state index contributed by atoms with van der Waals surface area (Å²) in [6.07, 6.45) is 5.84. The maximum absolute atomic E-state index is 5.99. The van der Waals surface area contributed by atoms with Crippen molar-refractivity contribution in [2.75, 3.05) is 11.9 Å². The van der Waals surface area contributed by atoms with Gasteiger partial charge in [0, 0.05) is 24.0 Å². The first-order valence-electron chi connectivity index (χ1n) is 8.77. The summed E-state index contributed by atoms with van der Waals surface area (Å²) in [6, 6.07) is 16.1. The van der Waals surface area contributed by atoms with Crippen LogP contribution in [0.2, 0.25) is 5.02 Å². The standard InChI is InChI=1S/C20H20ClN5/c21-16-8-6-15(7-9-16)14-26-13-3-4-18(26)17-10-12-23-20(24-17)25-19-5-1-2-11-22-19/h1-2,5-12,18H,3-4,13-14H2,(H,22,23,24,25)/t18-/m1/s1. The average molecular weight is 366 g/mol. The lowest BCUT2D eigenvalue weighted by Crippen LogP contribution is -2.23. The van der Waals surface area contributed by atoms with Crippen molar-refractivity contribution in [3.05, 3.63) is 77.2 Å². The van der Waals surface area contributed by atoms with E-state index in [0.717, 1.165) is 36.0 Å². The number of nitrogens with one attached hydrogen (secondary N) is 1. The number of likely N-dealkylation sites (tertiary alicyclic amines) is 1. The minimum atomic E-state index is 0.304. The SMILES string of the molecule is Clc1ccc(CN2CCC[C@@H]2c2ccnc(Nc3ccccn3)n2)cc1. The Morgan fingerprint density at radius 2 is 1.92 bits per heavy atom. The zero-order valence-corrected chi connectivity index (χ0v) is 15.1. The van der Waals surface area contributed by atoms with Crippen molar-refractivity contribution < 1.29 is 0 Å². The predicted octanol–water partition coefficient (Wildman–Crippen LogP) is 4.61. The van der Waals surface area contributed by atoms with Crippen molar-refractivity contribution in [3.8, 4) is 0 Å². The molecule has 1 atom stereocenters. The molecule has 26 heavy (non-hydrogen) atoms. The average Bonchev–Trinajstić information content (AvgIpc) is 3.13. The van der Waals surface area contributed by atoms with Crippen LogP contribution >= 0.6 is 11.6 Å². The Bertz CT molecular complexity index is 854. The molecule has 0 bridgehead atoms. The molecule has 1 aromatic carbocycles.